The topological polar surface area (TPSA) is 114 Å². The largest absolute Gasteiger partial charge is 0.494 e. The van der Waals surface area contributed by atoms with Crippen molar-refractivity contribution in [3.63, 3.8) is 0 Å². The van der Waals surface area contributed by atoms with Crippen molar-refractivity contribution in [3.05, 3.63) is 58.5 Å². The van der Waals surface area contributed by atoms with Crippen LogP contribution in [0.15, 0.2) is 42.9 Å². The van der Waals surface area contributed by atoms with Gasteiger partial charge in [-0.2, -0.15) is 13.2 Å². The van der Waals surface area contributed by atoms with Gasteiger partial charge in [0.25, 0.3) is 5.69 Å². The predicted molar refractivity (Wildman–Crippen MR) is 141 cm³/mol. The summed E-state index contributed by atoms with van der Waals surface area (Å²) in [6.07, 6.45) is -0.994. The summed E-state index contributed by atoms with van der Waals surface area (Å²) in [5.74, 6) is 0.0252. The Morgan fingerprint density at radius 3 is 2.51 bits per heavy atom. The quantitative estimate of drug-likeness (QED) is 0.236. The molecule has 4 aromatic rings. The number of benzene rings is 1. The lowest BCUT2D eigenvalue weighted by Crippen LogP contribution is -2.29. The Balaban J connectivity index is 1.77. The van der Waals surface area contributed by atoms with Gasteiger partial charge in [-0.3, -0.25) is 10.1 Å². The van der Waals surface area contributed by atoms with Crippen LogP contribution in [0.2, 0.25) is 0 Å². The van der Waals surface area contributed by atoms with E-state index in [2.05, 4.69) is 20.3 Å². The molecule has 0 spiro atoms. The third-order valence-electron chi connectivity index (χ3n) is 6.11. The molecule has 0 saturated carbocycles. The van der Waals surface area contributed by atoms with Gasteiger partial charge in [-0.05, 0) is 26.2 Å². The number of aryl methyl sites for hydroxylation is 1. The molecule has 0 radical (unpaired) electrons. The third kappa shape index (κ3) is 5.85. The van der Waals surface area contributed by atoms with Gasteiger partial charge >= 0.3 is 6.18 Å². The van der Waals surface area contributed by atoms with Gasteiger partial charge in [0.1, 0.15) is 22.6 Å². The first-order chi connectivity index (χ1) is 18.4. The predicted octanol–water partition coefficient (Wildman–Crippen LogP) is 4.71. The molecule has 1 aromatic carbocycles. The molecule has 1 N–H and O–H groups in total. The molecule has 0 aliphatic heterocycles. The maximum Gasteiger partial charge on any atom is 0.419 e. The molecule has 0 aliphatic rings. The fourth-order valence-corrected chi connectivity index (χ4v) is 4.02. The molecule has 14 heteroatoms. The molecular formula is C25H27F3N8O3. The summed E-state index contributed by atoms with van der Waals surface area (Å²) in [6, 6.07) is 6.04. The van der Waals surface area contributed by atoms with E-state index in [0.29, 0.717) is 36.0 Å². The first-order valence-electron chi connectivity index (χ1n) is 11.7. The van der Waals surface area contributed by atoms with Crippen LogP contribution in [0.25, 0.3) is 22.3 Å². The number of anilines is 3. The molecule has 0 unspecified atom stereocenters. The number of likely N-dealkylation sites (N-methyl/N-ethyl adjacent to an activating group) is 2. The van der Waals surface area contributed by atoms with E-state index in [-0.39, 0.29) is 34.3 Å². The van der Waals surface area contributed by atoms with Gasteiger partial charge in [0.15, 0.2) is 0 Å². The van der Waals surface area contributed by atoms with Gasteiger partial charge in [0, 0.05) is 68.9 Å². The van der Waals surface area contributed by atoms with Crippen molar-refractivity contribution < 1.29 is 22.8 Å². The number of pyridine rings is 1. The van der Waals surface area contributed by atoms with Crippen LogP contribution in [0.1, 0.15) is 5.56 Å². The van der Waals surface area contributed by atoms with E-state index in [1.54, 1.807) is 41.9 Å². The van der Waals surface area contributed by atoms with E-state index in [1.807, 2.05) is 19.0 Å². The van der Waals surface area contributed by atoms with E-state index in [1.165, 1.54) is 25.4 Å². The second-order valence-electron chi connectivity index (χ2n) is 9.17. The maximum atomic E-state index is 13.9. The van der Waals surface area contributed by atoms with E-state index in [9.17, 15) is 23.3 Å². The minimum Gasteiger partial charge on any atom is -0.494 e. The van der Waals surface area contributed by atoms with E-state index >= 15 is 0 Å². The highest BCUT2D eigenvalue weighted by Crippen LogP contribution is 2.40. The molecule has 39 heavy (non-hydrogen) atoms. The standard InChI is InChI=1S/C25H27F3N8O3/c1-33(2)8-9-34(3)19-12-21(39-5)18(11-20(19)36(37)38)31-24-30-14-17(25(26,27)28)22(32-24)16-10-15-6-7-35(4)23(15)29-13-16/h6-7,10-14H,8-9H2,1-5H3,(H,30,31,32). The molecule has 0 aliphatic carbocycles. The van der Waals surface area contributed by atoms with Crippen LogP contribution < -0.4 is 15.0 Å². The minimum absolute atomic E-state index is 0.122. The Hall–Kier alpha value is -4.46. The van der Waals surface area contributed by atoms with Gasteiger partial charge in [-0.15, -0.1) is 0 Å². The molecule has 0 amide bonds. The summed E-state index contributed by atoms with van der Waals surface area (Å²) in [5.41, 5.74) is -0.454. The molecule has 3 heterocycles. The highest BCUT2D eigenvalue weighted by molar-refractivity contribution is 5.82. The second kappa shape index (κ2) is 10.7. The zero-order valence-corrected chi connectivity index (χ0v) is 21.9. The average Bonchev–Trinajstić information content (AvgIpc) is 3.26. The van der Waals surface area contributed by atoms with E-state index < -0.39 is 16.7 Å². The summed E-state index contributed by atoms with van der Waals surface area (Å²) in [5, 5.41) is 15.3. The average molecular weight is 545 g/mol. The number of hydrogen-bond donors (Lipinski definition) is 1. The molecule has 0 saturated heterocycles. The lowest BCUT2D eigenvalue weighted by atomic mass is 10.1. The van der Waals surface area contributed by atoms with Crippen LogP contribution in [0.5, 0.6) is 5.75 Å². The number of ether oxygens (including phenoxy) is 1. The highest BCUT2D eigenvalue weighted by atomic mass is 19.4. The van der Waals surface area contributed by atoms with Gasteiger partial charge < -0.3 is 24.4 Å². The molecule has 0 fully saturated rings. The number of halogens is 3. The highest BCUT2D eigenvalue weighted by Gasteiger charge is 2.36. The van der Waals surface area contributed by atoms with Crippen LogP contribution in [-0.2, 0) is 13.2 Å². The van der Waals surface area contributed by atoms with Crippen LogP contribution in [-0.4, -0.2) is 70.7 Å². The summed E-state index contributed by atoms with van der Waals surface area (Å²) < 4.78 is 48.8. The van der Waals surface area contributed by atoms with Crippen molar-refractivity contribution in [2.24, 2.45) is 7.05 Å². The second-order valence-corrected chi connectivity index (χ2v) is 9.17. The van der Waals surface area contributed by atoms with Crippen molar-refractivity contribution in [2.45, 2.75) is 6.18 Å². The van der Waals surface area contributed by atoms with Crippen LogP contribution in [0, 0.1) is 10.1 Å². The minimum atomic E-state index is -4.73. The number of aromatic nitrogens is 4. The molecule has 4 rings (SSSR count). The smallest absolute Gasteiger partial charge is 0.419 e. The third-order valence-corrected chi connectivity index (χ3v) is 6.11. The fraction of sp³-hybridized carbons (Fsp3) is 0.320. The van der Waals surface area contributed by atoms with Crippen LogP contribution >= 0.6 is 0 Å². The Labute approximate surface area is 222 Å². The van der Waals surface area contributed by atoms with Crippen molar-refractivity contribution in [2.75, 3.05) is 51.6 Å². The van der Waals surface area contributed by atoms with Gasteiger partial charge in [0.2, 0.25) is 5.95 Å². The zero-order chi connectivity index (χ0) is 28.5. The number of nitrogens with zero attached hydrogens (tertiary/aromatic N) is 7. The summed E-state index contributed by atoms with van der Waals surface area (Å²) in [7, 11) is 8.67. The molecule has 0 atom stereocenters. The number of nitrogens with one attached hydrogen (secondary N) is 1. The number of methoxy groups -OCH3 is 1. The first-order valence-corrected chi connectivity index (χ1v) is 11.7. The van der Waals surface area contributed by atoms with Gasteiger partial charge in [0.05, 0.1) is 23.4 Å². The van der Waals surface area contributed by atoms with Crippen LogP contribution in [0.4, 0.5) is 36.2 Å². The molecule has 206 valence electrons. The normalized spacial score (nSPS) is 11.7. The van der Waals surface area contributed by atoms with E-state index in [0.717, 1.165) is 0 Å². The first kappa shape index (κ1) is 27.6. The van der Waals surface area contributed by atoms with Gasteiger partial charge in [-0.1, -0.05) is 0 Å². The molecule has 3 aromatic heterocycles. The number of hydrogen-bond acceptors (Lipinski definition) is 9. The number of alkyl halides is 3. The summed E-state index contributed by atoms with van der Waals surface area (Å²) in [6.45, 7) is 1.16. The Kier molecular flexibility index (Phi) is 7.58. The summed E-state index contributed by atoms with van der Waals surface area (Å²) in [4.78, 5) is 27.3. The van der Waals surface area contributed by atoms with Crippen molar-refractivity contribution >= 4 is 34.0 Å². The Bertz CT molecular complexity index is 1520. The Morgan fingerprint density at radius 1 is 1.13 bits per heavy atom. The number of nitro groups is 1. The van der Waals surface area contributed by atoms with E-state index in [4.69, 9.17) is 4.74 Å². The van der Waals surface area contributed by atoms with Gasteiger partial charge in [-0.25, -0.2) is 15.0 Å². The van der Waals surface area contributed by atoms with Crippen molar-refractivity contribution in [1.82, 2.24) is 24.4 Å². The number of nitro benzene ring substituents is 1. The monoisotopic (exact) mass is 544 g/mol. The fourth-order valence-electron chi connectivity index (χ4n) is 4.02. The number of fused-ring (bicyclic) bond motifs is 1. The van der Waals surface area contributed by atoms with Crippen molar-refractivity contribution in [3.8, 4) is 17.0 Å². The van der Waals surface area contributed by atoms with Crippen molar-refractivity contribution in [1.29, 1.82) is 0 Å². The molecular weight excluding hydrogens is 517 g/mol. The lowest BCUT2D eigenvalue weighted by molar-refractivity contribution is -0.384. The summed E-state index contributed by atoms with van der Waals surface area (Å²) >= 11 is 0. The molecule has 0 bridgehead atoms. The maximum absolute atomic E-state index is 13.9. The lowest BCUT2D eigenvalue weighted by Gasteiger charge is -2.23. The Morgan fingerprint density at radius 2 is 1.87 bits per heavy atom. The number of rotatable bonds is 9. The zero-order valence-electron chi connectivity index (χ0n) is 21.9. The molecule has 11 nitrogen and oxygen atoms in total. The van der Waals surface area contributed by atoms with Crippen LogP contribution in [0.3, 0.4) is 0 Å². The SMILES string of the molecule is COc1cc(N(C)CCN(C)C)c([N+](=O)[O-])cc1Nc1ncc(C(F)(F)F)c(-c2cnc3c(ccn3C)c2)n1.